The summed E-state index contributed by atoms with van der Waals surface area (Å²) >= 11 is 0. The third-order valence-electron chi connectivity index (χ3n) is 6.02. The molecule has 0 saturated heterocycles. The lowest BCUT2D eigenvalue weighted by molar-refractivity contribution is -0.127. The number of ether oxygens (including phenoxy) is 2. The predicted octanol–water partition coefficient (Wildman–Crippen LogP) is 4.08. The summed E-state index contributed by atoms with van der Waals surface area (Å²) in [5, 5.41) is 14.9. The number of benzene rings is 2. The van der Waals surface area contributed by atoms with Gasteiger partial charge in [-0.25, -0.2) is 0 Å². The molecule has 0 bridgehead atoms. The lowest BCUT2D eigenvalue weighted by Crippen LogP contribution is -2.27. The molecule has 0 aliphatic carbocycles. The number of nitriles is 1. The van der Waals surface area contributed by atoms with E-state index in [2.05, 4.69) is 10.6 Å². The number of Topliss-reactive ketones (excluding diaryl/α,β-unsaturated/α-hetero) is 2. The summed E-state index contributed by atoms with van der Waals surface area (Å²) in [7, 11) is 3.12. The highest BCUT2D eigenvalue weighted by molar-refractivity contribution is 6.15. The number of allylic oxidation sites excluding steroid dienone is 1. The molecule has 2 aromatic carbocycles. The van der Waals surface area contributed by atoms with Gasteiger partial charge in [-0.2, -0.15) is 5.26 Å². The van der Waals surface area contributed by atoms with Crippen LogP contribution in [0.2, 0.25) is 0 Å². The molecule has 0 fully saturated rings. The maximum absolute atomic E-state index is 12.6. The highest BCUT2D eigenvalue weighted by atomic mass is 16.5. The number of carbonyl (C=O) groups is 4. The van der Waals surface area contributed by atoms with Gasteiger partial charge >= 0.3 is 0 Å². The second-order valence-corrected chi connectivity index (χ2v) is 8.79. The fourth-order valence-electron chi connectivity index (χ4n) is 3.94. The Balaban J connectivity index is 1.78. The maximum Gasteiger partial charge on any atom is 0.249 e. The van der Waals surface area contributed by atoms with E-state index in [1.54, 1.807) is 51.5 Å². The van der Waals surface area contributed by atoms with Crippen molar-refractivity contribution < 1.29 is 33.1 Å². The normalized spacial score (nSPS) is 11.8. The first kappa shape index (κ1) is 28.7. The number of carbonyl (C=O) groups excluding carboxylic acids is 4. The van der Waals surface area contributed by atoms with Crippen LogP contribution in [0, 0.1) is 17.2 Å². The number of amides is 2. The van der Waals surface area contributed by atoms with Crippen LogP contribution in [-0.2, 0) is 20.8 Å². The van der Waals surface area contributed by atoms with Crippen LogP contribution in [-0.4, -0.2) is 44.1 Å². The molecular formula is C29H29N3O7. The highest BCUT2D eigenvalue weighted by Crippen LogP contribution is 2.34. The van der Waals surface area contributed by atoms with Gasteiger partial charge in [0.1, 0.15) is 5.58 Å². The van der Waals surface area contributed by atoms with Crippen molar-refractivity contribution in [2.75, 3.05) is 26.1 Å². The van der Waals surface area contributed by atoms with Crippen molar-refractivity contribution in [1.82, 2.24) is 5.32 Å². The fourth-order valence-corrected chi connectivity index (χ4v) is 3.94. The van der Waals surface area contributed by atoms with Crippen molar-refractivity contribution in [3.05, 3.63) is 59.4 Å². The van der Waals surface area contributed by atoms with Gasteiger partial charge < -0.3 is 24.5 Å². The van der Waals surface area contributed by atoms with Gasteiger partial charge in [0.05, 0.1) is 26.0 Å². The summed E-state index contributed by atoms with van der Waals surface area (Å²) in [5.74, 6) is -2.62. The minimum atomic E-state index is -1.53. The van der Waals surface area contributed by atoms with E-state index in [9.17, 15) is 24.4 Å². The van der Waals surface area contributed by atoms with Crippen LogP contribution in [0.1, 0.15) is 42.5 Å². The summed E-state index contributed by atoms with van der Waals surface area (Å²) in [6.45, 7) is 4.56. The average molecular weight is 532 g/mol. The maximum atomic E-state index is 12.6. The van der Waals surface area contributed by atoms with Gasteiger partial charge in [-0.3, -0.25) is 19.2 Å². The van der Waals surface area contributed by atoms with E-state index in [0.29, 0.717) is 46.6 Å². The lowest BCUT2D eigenvalue weighted by atomic mass is 10.0. The minimum Gasteiger partial charge on any atom is -0.493 e. The SMILES string of the molecule is COc1ccc(CCNC(=O)C=C(C)c2ccc3oc(C(C)=O)c(NC(=O)C(C#N)C(C)=O)c3c2)cc1OC. The van der Waals surface area contributed by atoms with Gasteiger partial charge in [0.2, 0.25) is 11.8 Å². The smallest absolute Gasteiger partial charge is 0.249 e. The van der Waals surface area contributed by atoms with Crippen LogP contribution in [0.4, 0.5) is 5.69 Å². The summed E-state index contributed by atoms with van der Waals surface area (Å²) in [6, 6.07) is 12.2. The van der Waals surface area contributed by atoms with Crippen molar-refractivity contribution in [3.63, 3.8) is 0 Å². The third kappa shape index (κ3) is 6.70. The molecule has 10 nitrogen and oxygen atoms in total. The van der Waals surface area contributed by atoms with E-state index in [1.807, 2.05) is 12.1 Å². The van der Waals surface area contributed by atoms with Gasteiger partial charge in [0.25, 0.3) is 0 Å². The number of nitrogens with zero attached hydrogens (tertiary/aromatic N) is 1. The Labute approximate surface area is 225 Å². The summed E-state index contributed by atoms with van der Waals surface area (Å²) in [4.78, 5) is 48.9. The van der Waals surface area contributed by atoms with Crippen molar-refractivity contribution in [2.45, 2.75) is 27.2 Å². The van der Waals surface area contributed by atoms with Crippen LogP contribution in [0.15, 0.2) is 46.9 Å². The van der Waals surface area contributed by atoms with E-state index in [0.717, 1.165) is 12.5 Å². The molecule has 39 heavy (non-hydrogen) atoms. The Morgan fingerprint density at radius 1 is 1.03 bits per heavy atom. The fraction of sp³-hybridized carbons (Fsp3) is 0.276. The molecule has 1 heterocycles. The zero-order valence-electron chi connectivity index (χ0n) is 22.3. The summed E-state index contributed by atoms with van der Waals surface area (Å²) < 4.78 is 16.2. The largest absolute Gasteiger partial charge is 0.493 e. The first-order chi connectivity index (χ1) is 18.6. The number of methoxy groups -OCH3 is 2. The number of hydrogen-bond donors (Lipinski definition) is 2. The predicted molar refractivity (Wildman–Crippen MR) is 145 cm³/mol. The molecule has 3 rings (SSSR count). The Morgan fingerprint density at radius 3 is 2.36 bits per heavy atom. The molecule has 0 aliphatic rings. The molecule has 0 radical (unpaired) electrons. The molecule has 1 unspecified atom stereocenters. The molecule has 0 saturated carbocycles. The Hall–Kier alpha value is -4.91. The third-order valence-corrected chi connectivity index (χ3v) is 6.02. The van der Waals surface area contributed by atoms with Crippen molar-refractivity contribution in [2.24, 2.45) is 5.92 Å². The first-order valence-electron chi connectivity index (χ1n) is 12.0. The molecule has 1 atom stereocenters. The number of furan rings is 1. The highest BCUT2D eigenvalue weighted by Gasteiger charge is 2.27. The van der Waals surface area contributed by atoms with Gasteiger partial charge in [-0.05, 0) is 61.2 Å². The van der Waals surface area contributed by atoms with Gasteiger partial charge in [0.15, 0.2) is 34.7 Å². The topological polar surface area (TPSA) is 148 Å². The van der Waals surface area contributed by atoms with Crippen molar-refractivity contribution >= 4 is 45.6 Å². The zero-order valence-corrected chi connectivity index (χ0v) is 22.3. The van der Waals surface area contributed by atoms with E-state index in [4.69, 9.17) is 13.9 Å². The average Bonchev–Trinajstić information content (AvgIpc) is 3.26. The van der Waals surface area contributed by atoms with Crippen LogP contribution in [0.25, 0.3) is 16.5 Å². The summed E-state index contributed by atoms with van der Waals surface area (Å²) in [6.07, 6.45) is 2.03. The van der Waals surface area contributed by atoms with Crippen LogP contribution in [0.5, 0.6) is 11.5 Å². The molecule has 10 heteroatoms. The molecule has 2 amide bonds. The van der Waals surface area contributed by atoms with Crippen LogP contribution >= 0.6 is 0 Å². The number of fused-ring (bicyclic) bond motifs is 1. The van der Waals surface area contributed by atoms with Gasteiger partial charge in [-0.15, -0.1) is 0 Å². The number of nitrogens with one attached hydrogen (secondary N) is 2. The van der Waals surface area contributed by atoms with E-state index >= 15 is 0 Å². The molecule has 3 aromatic rings. The van der Waals surface area contributed by atoms with Crippen molar-refractivity contribution in [1.29, 1.82) is 5.26 Å². The number of rotatable bonds is 11. The number of anilines is 1. The van der Waals surface area contributed by atoms with Crippen LogP contribution < -0.4 is 20.1 Å². The van der Waals surface area contributed by atoms with E-state index < -0.39 is 23.4 Å². The molecular weight excluding hydrogens is 502 g/mol. The Bertz CT molecular complexity index is 1510. The molecule has 1 aromatic heterocycles. The Morgan fingerprint density at radius 2 is 1.74 bits per heavy atom. The molecule has 202 valence electrons. The molecule has 0 spiro atoms. The number of hydrogen-bond acceptors (Lipinski definition) is 8. The molecule has 2 N–H and O–H groups in total. The van der Waals surface area contributed by atoms with E-state index in [-0.39, 0.29) is 17.4 Å². The van der Waals surface area contributed by atoms with Crippen LogP contribution in [0.3, 0.4) is 0 Å². The van der Waals surface area contributed by atoms with Crippen molar-refractivity contribution in [3.8, 4) is 17.6 Å². The van der Waals surface area contributed by atoms with Gasteiger partial charge in [0, 0.05) is 24.9 Å². The standard InChI is InChI=1S/C29H29N3O7/c1-16(12-26(35)31-11-10-19-6-8-24(37-4)25(13-19)38-5)20-7-9-23-21(14-20)27(28(39-23)18(3)34)32-29(36)22(15-30)17(2)33/h6-9,12-14,22H,10-11H2,1-5H3,(H,31,35)(H,32,36). The monoisotopic (exact) mass is 531 g/mol. The minimum absolute atomic E-state index is 0.0676. The van der Waals surface area contributed by atoms with Gasteiger partial charge in [-0.1, -0.05) is 12.1 Å². The summed E-state index contributed by atoms with van der Waals surface area (Å²) in [5.41, 5.74) is 2.63. The quantitative estimate of drug-likeness (QED) is 0.214. The number of ketones is 2. The molecule has 0 aliphatic heterocycles. The lowest BCUT2D eigenvalue weighted by Gasteiger charge is -2.10. The first-order valence-corrected chi connectivity index (χ1v) is 12.0. The second-order valence-electron chi connectivity index (χ2n) is 8.79. The Kier molecular flexibility index (Phi) is 9.23. The van der Waals surface area contributed by atoms with E-state index in [1.165, 1.54) is 13.0 Å². The second kappa shape index (κ2) is 12.6. The zero-order chi connectivity index (χ0) is 28.7.